The maximum atomic E-state index is 11.8. The highest BCUT2D eigenvalue weighted by Gasteiger charge is 2.35. The number of aromatic hydroxyl groups is 1. The molecule has 1 aliphatic heterocycles. The van der Waals surface area contributed by atoms with Crippen molar-refractivity contribution >= 4 is 5.97 Å². The Bertz CT molecular complexity index is 491. The van der Waals surface area contributed by atoms with Gasteiger partial charge in [-0.05, 0) is 37.8 Å². The molecule has 4 nitrogen and oxygen atoms in total. The molecule has 1 atom stereocenters. The Morgan fingerprint density at radius 2 is 2.17 bits per heavy atom. The molecule has 0 fully saturated rings. The molecule has 1 heterocycles. The normalized spacial score (nSPS) is 20.8. The van der Waals surface area contributed by atoms with E-state index in [0.717, 1.165) is 12.0 Å². The number of carbonyl (C=O) groups excluding carboxylic acids is 1. The smallest absolute Gasteiger partial charge is 0.345 e. The molecule has 1 aromatic carbocycles. The second-order valence-electron chi connectivity index (χ2n) is 5.34. The Labute approximate surface area is 107 Å². The summed E-state index contributed by atoms with van der Waals surface area (Å²) in [6.07, 6.45) is 0.866. The van der Waals surface area contributed by atoms with Gasteiger partial charge in [-0.25, -0.2) is 4.79 Å². The van der Waals surface area contributed by atoms with Crippen LogP contribution in [-0.4, -0.2) is 23.8 Å². The van der Waals surface area contributed by atoms with E-state index < -0.39 is 5.97 Å². The van der Waals surface area contributed by atoms with Crippen LogP contribution in [0, 0.1) is 0 Å². The summed E-state index contributed by atoms with van der Waals surface area (Å²) in [6.45, 7) is 6.02. The minimum Gasteiger partial charge on any atom is -0.507 e. The fraction of sp³-hybridized carbons (Fsp3) is 0.500. The van der Waals surface area contributed by atoms with Crippen LogP contribution < -0.4 is 4.74 Å². The van der Waals surface area contributed by atoms with Crippen molar-refractivity contribution in [3.63, 3.8) is 0 Å². The Hall–Kier alpha value is -1.71. The number of carbonyl (C=O) groups is 1. The molecule has 1 aromatic rings. The fourth-order valence-corrected chi connectivity index (χ4v) is 2.55. The number of fused-ring (bicyclic) bond motifs is 1. The first-order valence-electron chi connectivity index (χ1n) is 5.99. The van der Waals surface area contributed by atoms with E-state index in [1.54, 1.807) is 6.07 Å². The van der Waals surface area contributed by atoms with Crippen molar-refractivity contribution in [3.8, 4) is 11.5 Å². The lowest BCUT2D eigenvalue weighted by molar-refractivity contribution is 0.0540. The van der Waals surface area contributed by atoms with Crippen LogP contribution in [0.25, 0.3) is 0 Å². The molecule has 1 N–H and O–H groups in total. The number of rotatable bonds is 1. The van der Waals surface area contributed by atoms with Crippen LogP contribution >= 0.6 is 0 Å². The lowest BCUT2D eigenvalue weighted by Gasteiger charge is -2.37. The molecule has 0 aromatic heterocycles. The van der Waals surface area contributed by atoms with E-state index >= 15 is 0 Å². The number of hydrogen-bond acceptors (Lipinski definition) is 4. The molecule has 1 unspecified atom stereocenters. The van der Waals surface area contributed by atoms with E-state index in [1.165, 1.54) is 13.2 Å². The van der Waals surface area contributed by atoms with Crippen LogP contribution in [-0.2, 0) is 4.74 Å². The molecule has 0 saturated heterocycles. The van der Waals surface area contributed by atoms with Crippen molar-refractivity contribution in [3.05, 3.63) is 23.3 Å². The number of phenolic OH excluding ortho intramolecular Hbond substituents is 1. The van der Waals surface area contributed by atoms with Gasteiger partial charge in [0.25, 0.3) is 0 Å². The van der Waals surface area contributed by atoms with Gasteiger partial charge in [-0.2, -0.15) is 0 Å². The van der Waals surface area contributed by atoms with Gasteiger partial charge < -0.3 is 14.6 Å². The van der Waals surface area contributed by atoms with Gasteiger partial charge in [0, 0.05) is 0 Å². The maximum absolute atomic E-state index is 11.8. The number of hydrogen-bond donors (Lipinski definition) is 1. The van der Waals surface area contributed by atoms with Crippen molar-refractivity contribution in [1.82, 2.24) is 0 Å². The third kappa shape index (κ3) is 2.03. The lowest BCUT2D eigenvalue weighted by atomic mass is 9.84. The van der Waals surface area contributed by atoms with Crippen LogP contribution in [0.15, 0.2) is 12.1 Å². The Morgan fingerprint density at radius 1 is 1.50 bits per heavy atom. The van der Waals surface area contributed by atoms with Gasteiger partial charge in [-0.3, -0.25) is 0 Å². The minimum atomic E-state index is -0.575. The predicted octanol–water partition coefficient (Wildman–Crippen LogP) is 2.84. The first-order chi connectivity index (χ1) is 8.35. The predicted molar refractivity (Wildman–Crippen MR) is 67.2 cm³/mol. The topological polar surface area (TPSA) is 55.8 Å². The minimum absolute atomic E-state index is 0.106. The van der Waals surface area contributed by atoms with Crippen LogP contribution in [0.5, 0.6) is 11.5 Å². The summed E-state index contributed by atoms with van der Waals surface area (Å²) in [4.78, 5) is 11.8. The monoisotopic (exact) mass is 250 g/mol. The lowest BCUT2D eigenvalue weighted by Crippen LogP contribution is -2.35. The van der Waals surface area contributed by atoms with Gasteiger partial charge in [0.15, 0.2) is 0 Å². The van der Waals surface area contributed by atoms with Crippen molar-refractivity contribution in [2.75, 3.05) is 7.11 Å². The van der Waals surface area contributed by atoms with E-state index in [9.17, 15) is 9.90 Å². The molecular weight excluding hydrogens is 232 g/mol. The summed E-state index contributed by atoms with van der Waals surface area (Å²) in [6, 6.07) is 3.32. The van der Waals surface area contributed by atoms with E-state index in [4.69, 9.17) is 9.47 Å². The molecule has 1 aliphatic rings. The van der Waals surface area contributed by atoms with E-state index in [0.29, 0.717) is 5.75 Å². The molecular formula is C14H18O4. The zero-order chi connectivity index (χ0) is 13.5. The van der Waals surface area contributed by atoms with Crippen LogP contribution in [0.1, 0.15) is 49.0 Å². The quantitative estimate of drug-likeness (QED) is 0.779. The Kier molecular flexibility index (Phi) is 2.97. The average Bonchev–Trinajstić information content (AvgIpc) is 2.26. The summed E-state index contributed by atoms with van der Waals surface area (Å²) >= 11 is 0. The summed E-state index contributed by atoms with van der Waals surface area (Å²) < 4.78 is 10.6. The molecule has 4 heteroatoms. The summed E-state index contributed by atoms with van der Waals surface area (Å²) in [5, 5.41) is 9.84. The van der Waals surface area contributed by atoms with E-state index in [2.05, 4.69) is 6.92 Å². The van der Waals surface area contributed by atoms with Gasteiger partial charge in [0.05, 0.1) is 7.11 Å². The van der Waals surface area contributed by atoms with Crippen LogP contribution in [0.2, 0.25) is 0 Å². The standard InChI is InChI=1S/C14H18O4/c1-8-7-14(2,3)18-12-9(8)5-6-10(15)11(12)13(16)17-4/h5-6,8,15H,7H2,1-4H3. The number of methoxy groups -OCH3 is 1. The van der Waals surface area contributed by atoms with E-state index in [1.807, 2.05) is 13.8 Å². The number of esters is 1. The number of ether oxygens (including phenoxy) is 2. The number of phenols is 1. The second-order valence-corrected chi connectivity index (χ2v) is 5.34. The highest BCUT2D eigenvalue weighted by Crippen LogP contribution is 2.45. The molecule has 0 amide bonds. The van der Waals surface area contributed by atoms with Crippen molar-refractivity contribution < 1.29 is 19.4 Å². The zero-order valence-electron chi connectivity index (χ0n) is 11.1. The van der Waals surface area contributed by atoms with Gasteiger partial charge in [0.2, 0.25) is 0 Å². The van der Waals surface area contributed by atoms with Gasteiger partial charge in [0.1, 0.15) is 22.7 Å². The van der Waals surface area contributed by atoms with Crippen molar-refractivity contribution in [2.45, 2.75) is 38.7 Å². The molecule has 0 bridgehead atoms. The molecule has 2 rings (SSSR count). The summed E-state index contributed by atoms with van der Waals surface area (Å²) in [5.74, 6) is 0.0399. The van der Waals surface area contributed by atoms with Gasteiger partial charge in [-0.15, -0.1) is 0 Å². The Balaban J connectivity index is 2.62. The zero-order valence-corrected chi connectivity index (χ0v) is 11.1. The molecule has 98 valence electrons. The van der Waals surface area contributed by atoms with Crippen molar-refractivity contribution in [2.24, 2.45) is 0 Å². The third-order valence-electron chi connectivity index (χ3n) is 3.26. The summed E-state index contributed by atoms with van der Waals surface area (Å²) in [5.41, 5.74) is 0.699. The highest BCUT2D eigenvalue weighted by atomic mass is 16.5. The van der Waals surface area contributed by atoms with Crippen LogP contribution in [0.3, 0.4) is 0 Å². The molecule has 0 spiro atoms. The SMILES string of the molecule is COC(=O)c1c(O)ccc2c1OC(C)(C)CC2C. The molecule has 18 heavy (non-hydrogen) atoms. The highest BCUT2D eigenvalue weighted by molar-refractivity contribution is 5.96. The molecule has 0 radical (unpaired) electrons. The first kappa shape index (κ1) is 12.7. The van der Waals surface area contributed by atoms with Crippen LogP contribution in [0.4, 0.5) is 0 Å². The van der Waals surface area contributed by atoms with Crippen molar-refractivity contribution in [1.29, 1.82) is 0 Å². The van der Waals surface area contributed by atoms with Gasteiger partial charge >= 0.3 is 5.97 Å². The number of benzene rings is 1. The summed E-state index contributed by atoms with van der Waals surface area (Å²) in [7, 11) is 1.29. The molecule has 0 saturated carbocycles. The van der Waals surface area contributed by atoms with Gasteiger partial charge in [-0.1, -0.05) is 13.0 Å². The third-order valence-corrected chi connectivity index (χ3v) is 3.26. The average molecular weight is 250 g/mol. The Morgan fingerprint density at radius 3 is 2.78 bits per heavy atom. The maximum Gasteiger partial charge on any atom is 0.345 e. The second kappa shape index (κ2) is 4.19. The van der Waals surface area contributed by atoms with E-state index in [-0.39, 0.29) is 22.8 Å². The largest absolute Gasteiger partial charge is 0.507 e. The fourth-order valence-electron chi connectivity index (χ4n) is 2.55. The first-order valence-corrected chi connectivity index (χ1v) is 5.99. The molecule has 0 aliphatic carbocycles.